The van der Waals surface area contributed by atoms with Crippen molar-refractivity contribution in [2.45, 2.75) is 89.0 Å². The molecule has 0 radical (unpaired) electrons. The summed E-state index contributed by atoms with van der Waals surface area (Å²) in [6.07, 6.45) is 2.50. The molecule has 0 aliphatic heterocycles. The highest BCUT2D eigenvalue weighted by atomic mass is 14.1. The molecule has 67 heavy (non-hydrogen) atoms. The fourth-order valence-corrected chi connectivity index (χ4v) is 7.24. The van der Waals surface area contributed by atoms with Gasteiger partial charge in [0, 0.05) is 0 Å². The summed E-state index contributed by atoms with van der Waals surface area (Å²) < 4.78 is 0. The van der Waals surface area contributed by atoms with Crippen LogP contribution >= 0.6 is 0 Å². The van der Waals surface area contributed by atoms with E-state index >= 15 is 0 Å². The molecule has 9 aromatic rings. The van der Waals surface area contributed by atoms with Crippen LogP contribution in [-0.4, -0.2) is 0 Å². The van der Waals surface area contributed by atoms with Crippen LogP contribution in [0.25, 0.3) is 66.8 Å². The normalized spacial score (nSPS) is 9.54. The van der Waals surface area contributed by atoms with Gasteiger partial charge in [0.2, 0.25) is 0 Å². The third kappa shape index (κ3) is 17.4. The van der Waals surface area contributed by atoms with Crippen LogP contribution in [0.2, 0.25) is 0 Å². The monoisotopic (exact) mass is 881 g/mol. The zero-order valence-corrected chi connectivity index (χ0v) is 42.4. The maximum atomic E-state index is 2.28. The minimum Gasteiger partial charge on any atom is -0.0683 e. The zero-order valence-electron chi connectivity index (χ0n) is 42.4. The van der Waals surface area contributed by atoms with E-state index in [2.05, 4.69) is 285 Å². The Balaban J connectivity index is 0.000000242. The van der Waals surface area contributed by atoms with Crippen LogP contribution in [0.4, 0.5) is 0 Å². The second kappa shape index (κ2) is 31.8. The van der Waals surface area contributed by atoms with Gasteiger partial charge in [0.05, 0.1) is 0 Å². The molecule has 0 bridgehead atoms. The summed E-state index contributed by atoms with van der Waals surface area (Å²) in [6.45, 7) is 23.0. The molecule has 0 aliphatic rings. The average molecular weight is 881 g/mol. The Hall–Kier alpha value is -7.02. The Kier molecular flexibility index (Phi) is 25.8. The molecule has 0 saturated heterocycles. The fraction of sp³-hybridized carbons (Fsp3) is 0.194. The van der Waals surface area contributed by atoms with Crippen molar-refractivity contribution in [3.63, 3.8) is 0 Å². The van der Waals surface area contributed by atoms with Crippen LogP contribution < -0.4 is 0 Å². The van der Waals surface area contributed by atoms with Gasteiger partial charge in [-0.1, -0.05) is 304 Å². The SMILES string of the molecule is CC.CC.CCC.CCC.Cc1c(-c2ccccc2)cccc1-c1ccccc1.Cc1ccc(-c2ccccc2)c(-c2ccccc2)c1.Cc1ccc(-c2ccccc2)cc1-c1ccccc1. The standard InChI is InChI=1S/3C19H16.2C3H8.2C2H6/c1-15-18(16-9-4-2-5-10-16)13-8-14-19(15)17-11-6-3-7-12-17;1-15-12-13-18(16-8-4-2-5-9-16)14-19(15)17-10-6-3-7-11-17;1-15-12-13-18(16-8-4-2-5-9-16)19(14-15)17-10-6-3-7-11-17;2*1-3-2;2*1-2/h3*2-14H,1H3;2*3H2,1-2H3;2*1-2H3. The number of hydrogen-bond donors (Lipinski definition) is 0. The van der Waals surface area contributed by atoms with Crippen molar-refractivity contribution < 1.29 is 0 Å². The van der Waals surface area contributed by atoms with E-state index in [1.165, 1.54) is 96.3 Å². The molecule has 0 saturated carbocycles. The maximum Gasteiger partial charge on any atom is -0.0103 e. The Morgan fingerprint density at radius 1 is 0.239 bits per heavy atom. The summed E-state index contributed by atoms with van der Waals surface area (Å²) in [5, 5.41) is 0. The van der Waals surface area contributed by atoms with Gasteiger partial charge < -0.3 is 0 Å². The molecule has 0 aliphatic carbocycles. The first-order valence-corrected chi connectivity index (χ1v) is 24.5. The van der Waals surface area contributed by atoms with E-state index in [9.17, 15) is 0 Å². The van der Waals surface area contributed by atoms with E-state index < -0.39 is 0 Å². The van der Waals surface area contributed by atoms with Crippen molar-refractivity contribution in [2.75, 3.05) is 0 Å². The van der Waals surface area contributed by atoms with Crippen molar-refractivity contribution >= 4 is 0 Å². The molecule has 9 rings (SSSR count). The molecule has 0 N–H and O–H groups in total. The van der Waals surface area contributed by atoms with E-state index in [0.717, 1.165) is 0 Å². The van der Waals surface area contributed by atoms with E-state index in [4.69, 9.17) is 0 Å². The van der Waals surface area contributed by atoms with Gasteiger partial charge in [0.1, 0.15) is 0 Å². The molecule has 0 fully saturated rings. The highest BCUT2D eigenvalue weighted by molar-refractivity contribution is 5.84. The van der Waals surface area contributed by atoms with Gasteiger partial charge in [0.25, 0.3) is 0 Å². The second-order valence-corrected chi connectivity index (χ2v) is 15.7. The zero-order chi connectivity index (χ0) is 48.7. The average Bonchev–Trinajstić information content (AvgIpc) is 3.40. The van der Waals surface area contributed by atoms with Crippen molar-refractivity contribution in [1.82, 2.24) is 0 Å². The van der Waals surface area contributed by atoms with Gasteiger partial charge in [-0.05, 0) is 105 Å². The molecule has 0 unspecified atom stereocenters. The minimum absolute atomic E-state index is 1.25. The Labute approximate surface area is 407 Å². The van der Waals surface area contributed by atoms with Crippen LogP contribution in [0.1, 0.15) is 84.9 Å². The topological polar surface area (TPSA) is 0 Å². The van der Waals surface area contributed by atoms with Crippen LogP contribution in [0.5, 0.6) is 0 Å². The largest absolute Gasteiger partial charge is 0.0683 e. The summed E-state index contributed by atoms with van der Waals surface area (Å²) in [7, 11) is 0. The summed E-state index contributed by atoms with van der Waals surface area (Å²) in [6, 6.07) is 83.2. The first-order chi connectivity index (χ1) is 32.9. The van der Waals surface area contributed by atoms with Crippen molar-refractivity contribution in [1.29, 1.82) is 0 Å². The lowest BCUT2D eigenvalue weighted by atomic mass is 9.93. The lowest BCUT2D eigenvalue weighted by Crippen LogP contribution is -1.87. The first-order valence-electron chi connectivity index (χ1n) is 24.5. The molecule has 0 aromatic heterocycles. The van der Waals surface area contributed by atoms with Gasteiger partial charge in [-0.3, -0.25) is 0 Å². The van der Waals surface area contributed by atoms with E-state index in [-0.39, 0.29) is 0 Å². The lowest BCUT2D eigenvalue weighted by Gasteiger charge is -2.11. The van der Waals surface area contributed by atoms with Crippen molar-refractivity contribution in [3.8, 4) is 66.8 Å². The molecular formula is C67H76. The van der Waals surface area contributed by atoms with Gasteiger partial charge in [-0.15, -0.1) is 0 Å². The van der Waals surface area contributed by atoms with Crippen LogP contribution in [-0.2, 0) is 0 Å². The highest BCUT2D eigenvalue weighted by Gasteiger charge is 2.09. The Morgan fingerprint density at radius 3 is 0.925 bits per heavy atom. The lowest BCUT2D eigenvalue weighted by molar-refractivity contribution is 1.09. The first kappa shape index (κ1) is 54.3. The molecule has 0 amide bonds. The summed E-state index contributed by atoms with van der Waals surface area (Å²) in [5.74, 6) is 0. The third-order valence-corrected chi connectivity index (χ3v) is 10.3. The molecule has 0 nitrogen and oxygen atoms in total. The smallest absolute Gasteiger partial charge is 0.0103 e. The quantitative estimate of drug-likeness (QED) is 0.156. The maximum absolute atomic E-state index is 2.28. The number of hydrogen-bond acceptors (Lipinski definition) is 0. The molecule has 9 aromatic carbocycles. The molecular weight excluding hydrogens is 805 g/mol. The van der Waals surface area contributed by atoms with E-state index in [1.807, 2.05) is 27.7 Å². The number of aryl methyl sites for hydroxylation is 2. The van der Waals surface area contributed by atoms with E-state index in [1.54, 1.807) is 0 Å². The molecule has 0 atom stereocenters. The van der Waals surface area contributed by atoms with Gasteiger partial charge in [0.15, 0.2) is 0 Å². The van der Waals surface area contributed by atoms with E-state index in [0.29, 0.717) is 0 Å². The minimum atomic E-state index is 1.25. The molecule has 0 heterocycles. The van der Waals surface area contributed by atoms with Gasteiger partial charge in [-0.2, -0.15) is 0 Å². The molecule has 0 spiro atoms. The Bertz CT molecular complexity index is 2520. The van der Waals surface area contributed by atoms with Crippen molar-refractivity contribution in [3.05, 3.63) is 253 Å². The predicted molar refractivity (Wildman–Crippen MR) is 301 cm³/mol. The highest BCUT2D eigenvalue weighted by Crippen LogP contribution is 2.34. The summed E-state index contributed by atoms with van der Waals surface area (Å²) in [5.41, 5.74) is 19.3. The van der Waals surface area contributed by atoms with Crippen molar-refractivity contribution in [2.24, 2.45) is 0 Å². The molecule has 0 heteroatoms. The third-order valence-electron chi connectivity index (χ3n) is 10.3. The summed E-state index contributed by atoms with van der Waals surface area (Å²) in [4.78, 5) is 0. The second-order valence-electron chi connectivity index (χ2n) is 15.7. The number of rotatable bonds is 6. The Morgan fingerprint density at radius 2 is 0.552 bits per heavy atom. The van der Waals surface area contributed by atoms with Gasteiger partial charge >= 0.3 is 0 Å². The molecule has 344 valence electrons. The predicted octanol–water partition coefficient (Wildman–Crippen LogP) is 20.9. The summed E-state index contributed by atoms with van der Waals surface area (Å²) >= 11 is 0. The van der Waals surface area contributed by atoms with Crippen LogP contribution in [0.3, 0.4) is 0 Å². The van der Waals surface area contributed by atoms with Gasteiger partial charge in [-0.25, -0.2) is 0 Å². The fourth-order valence-electron chi connectivity index (χ4n) is 7.24. The van der Waals surface area contributed by atoms with Crippen LogP contribution in [0.15, 0.2) is 237 Å². The number of benzene rings is 9. The van der Waals surface area contributed by atoms with Crippen LogP contribution in [0, 0.1) is 20.8 Å².